The number of rotatable bonds is 6. The smallest absolute Gasteiger partial charge is 0.0632 e. The first-order valence-electron chi connectivity index (χ1n) is 6.61. The summed E-state index contributed by atoms with van der Waals surface area (Å²) in [7, 11) is 3.92. The second kappa shape index (κ2) is 5.99. The van der Waals surface area contributed by atoms with Gasteiger partial charge in [-0.05, 0) is 31.4 Å². The van der Waals surface area contributed by atoms with E-state index in [1.54, 1.807) is 0 Å². The molecule has 0 bridgehead atoms. The molecule has 0 spiro atoms. The molecule has 19 heavy (non-hydrogen) atoms. The lowest BCUT2D eigenvalue weighted by molar-refractivity contribution is 0.474. The number of nitrogens with two attached hydrogens (primary N) is 1. The first-order valence-corrected chi connectivity index (χ1v) is 6.61. The predicted molar refractivity (Wildman–Crippen MR) is 74.2 cm³/mol. The number of aromatic nitrogens is 4. The lowest BCUT2D eigenvalue weighted by Gasteiger charge is -2.16. The third-order valence-corrected chi connectivity index (χ3v) is 3.50. The highest BCUT2D eigenvalue weighted by atomic mass is 15.3. The largest absolute Gasteiger partial charge is 0.273 e. The van der Waals surface area contributed by atoms with E-state index < -0.39 is 0 Å². The standard InChI is InChI=1S/C13H22N6/c1-4-10-9-13(19(3)17-10)12(16-14)6-5-11-7-8-15-18(11)2/h7-9,12,16H,4-6,14H2,1-3H3. The summed E-state index contributed by atoms with van der Waals surface area (Å²) in [6, 6.07) is 4.26. The fourth-order valence-corrected chi connectivity index (χ4v) is 2.30. The molecule has 0 fully saturated rings. The van der Waals surface area contributed by atoms with Gasteiger partial charge in [0.1, 0.15) is 0 Å². The monoisotopic (exact) mass is 262 g/mol. The first-order chi connectivity index (χ1) is 9.15. The van der Waals surface area contributed by atoms with Crippen LogP contribution in [0, 0.1) is 0 Å². The molecule has 6 heteroatoms. The van der Waals surface area contributed by atoms with E-state index in [4.69, 9.17) is 5.84 Å². The average molecular weight is 262 g/mol. The first kappa shape index (κ1) is 13.8. The summed E-state index contributed by atoms with van der Waals surface area (Å²) in [6.07, 6.45) is 4.60. The summed E-state index contributed by atoms with van der Waals surface area (Å²) in [5, 5.41) is 8.64. The van der Waals surface area contributed by atoms with Crippen molar-refractivity contribution in [1.29, 1.82) is 0 Å². The summed E-state index contributed by atoms with van der Waals surface area (Å²) in [4.78, 5) is 0. The van der Waals surface area contributed by atoms with Gasteiger partial charge in [-0.1, -0.05) is 6.92 Å². The minimum absolute atomic E-state index is 0.104. The predicted octanol–water partition coefficient (Wildman–Crippen LogP) is 0.853. The highest BCUT2D eigenvalue weighted by Crippen LogP contribution is 2.19. The Morgan fingerprint density at radius 3 is 2.68 bits per heavy atom. The maximum Gasteiger partial charge on any atom is 0.0632 e. The van der Waals surface area contributed by atoms with Gasteiger partial charge in [-0.25, -0.2) is 0 Å². The Bertz CT molecular complexity index is 527. The van der Waals surface area contributed by atoms with E-state index in [0.717, 1.165) is 30.7 Å². The number of nitrogens with zero attached hydrogens (tertiary/aromatic N) is 4. The molecule has 2 aromatic heterocycles. The van der Waals surface area contributed by atoms with Gasteiger partial charge in [0.15, 0.2) is 0 Å². The fraction of sp³-hybridized carbons (Fsp3) is 0.538. The van der Waals surface area contributed by atoms with Crippen LogP contribution in [0.1, 0.15) is 36.5 Å². The molecule has 6 nitrogen and oxygen atoms in total. The van der Waals surface area contributed by atoms with Crippen LogP contribution in [-0.2, 0) is 26.9 Å². The molecule has 1 atom stereocenters. The third-order valence-electron chi connectivity index (χ3n) is 3.50. The van der Waals surface area contributed by atoms with Crippen LogP contribution in [0.15, 0.2) is 18.3 Å². The second-order valence-electron chi connectivity index (χ2n) is 4.74. The Hall–Kier alpha value is -1.66. The Kier molecular flexibility index (Phi) is 4.34. The van der Waals surface area contributed by atoms with Crippen molar-refractivity contribution >= 4 is 0 Å². The lowest BCUT2D eigenvalue weighted by Crippen LogP contribution is -2.30. The minimum atomic E-state index is 0.104. The van der Waals surface area contributed by atoms with Gasteiger partial charge in [0.25, 0.3) is 0 Å². The van der Waals surface area contributed by atoms with Gasteiger partial charge >= 0.3 is 0 Å². The molecular formula is C13H22N6. The van der Waals surface area contributed by atoms with E-state index in [1.807, 2.05) is 35.7 Å². The summed E-state index contributed by atoms with van der Waals surface area (Å²) >= 11 is 0. The topological polar surface area (TPSA) is 73.7 Å². The van der Waals surface area contributed by atoms with Gasteiger partial charge in [-0.2, -0.15) is 10.2 Å². The normalized spacial score (nSPS) is 12.8. The quantitative estimate of drug-likeness (QED) is 0.598. The number of hydrazine groups is 1. The van der Waals surface area contributed by atoms with Gasteiger partial charge < -0.3 is 0 Å². The van der Waals surface area contributed by atoms with E-state index in [-0.39, 0.29) is 6.04 Å². The maximum absolute atomic E-state index is 5.69. The Balaban J connectivity index is 2.07. The zero-order chi connectivity index (χ0) is 13.8. The van der Waals surface area contributed by atoms with Crippen LogP contribution < -0.4 is 11.3 Å². The van der Waals surface area contributed by atoms with Crippen LogP contribution in [0.5, 0.6) is 0 Å². The van der Waals surface area contributed by atoms with Crippen LogP contribution in [0.3, 0.4) is 0 Å². The van der Waals surface area contributed by atoms with Crippen molar-refractivity contribution < 1.29 is 0 Å². The summed E-state index contributed by atoms with van der Waals surface area (Å²) < 4.78 is 3.81. The van der Waals surface area contributed by atoms with Gasteiger partial charge in [-0.3, -0.25) is 20.6 Å². The molecule has 1 unspecified atom stereocenters. The molecule has 0 aromatic carbocycles. The van der Waals surface area contributed by atoms with Gasteiger partial charge in [0.05, 0.1) is 17.4 Å². The van der Waals surface area contributed by atoms with Crippen molar-refractivity contribution in [3.63, 3.8) is 0 Å². The molecular weight excluding hydrogens is 240 g/mol. The van der Waals surface area contributed by atoms with Crippen LogP contribution in [-0.4, -0.2) is 19.6 Å². The summed E-state index contributed by atoms with van der Waals surface area (Å²) in [6.45, 7) is 2.10. The Labute approximate surface area is 113 Å². The number of hydrogen-bond acceptors (Lipinski definition) is 4. The molecule has 2 rings (SSSR count). The van der Waals surface area contributed by atoms with Crippen molar-refractivity contribution in [2.75, 3.05) is 0 Å². The molecule has 104 valence electrons. The summed E-state index contributed by atoms with van der Waals surface area (Å²) in [5.41, 5.74) is 6.32. The zero-order valence-corrected chi connectivity index (χ0v) is 11.8. The number of nitrogens with one attached hydrogen (secondary N) is 1. The minimum Gasteiger partial charge on any atom is -0.273 e. The van der Waals surface area contributed by atoms with Gasteiger partial charge in [0, 0.05) is 26.0 Å². The molecule has 2 aromatic rings. The third kappa shape index (κ3) is 3.02. The van der Waals surface area contributed by atoms with E-state index in [9.17, 15) is 0 Å². The number of hydrogen-bond donors (Lipinski definition) is 2. The molecule has 0 saturated heterocycles. The molecule has 2 heterocycles. The Morgan fingerprint density at radius 1 is 1.37 bits per heavy atom. The molecule has 0 aliphatic rings. The maximum atomic E-state index is 5.69. The molecule has 0 radical (unpaired) electrons. The SMILES string of the molecule is CCc1cc(C(CCc2ccnn2C)NN)n(C)n1. The van der Waals surface area contributed by atoms with Crippen molar-refractivity contribution in [1.82, 2.24) is 25.0 Å². The average Bonchev–Trinajstić information content (AvgIpc) is 2.97. The van der Waals surface area contributed by atoms with Crippen LogP contribution in [0.4, 0.5) is 0 Å². The van der Waals surface area contributed by atoms with Crippen molar-refractivity contribution in [2.24, 2.45) is 19.9 Å². The van der Waals surface area contributed by atoms with Crippen LogP contribution in [0.2, 0.25) is 0 Å². The zero-order valence-electron chi connectivity index (χ0n) is 11.8. The highest BCUT2D eigenvalue weighted by Gasteiger charge is 2.15. The summed E-state index contributed by atoms with van der Waals surface area (Å²) in [5.74, 6) is 5.69. The molecule has 3 N–H and O–H groups in total. The second-order valence-corrected chi connectivity index (χ2v) is 4.74. The van der Waals surface area contributed by atoms with Crippen molar-refractivity contribution in [2.45, 2.75) is 32.2 Å². The van der Waals surface area contributed by atoms with Crippen molar-refractivity contribution in [3.8, 4) is 0 Å². The van der Waals surface area contributed by atoms with E-state index >= 15 is 0 Å². The van der Waals surface area contributed by atoms with E-state index in [1.165, 1.54) is 5.69 Å². The van der Waals surface area contributed by atoms with Crippen molar-refractivity contribution in [3.05, 3.63) is 35.4 Å². The van der Waals surface area contributed by atoms with Crippen LogP contribution in [0.25, 0.3) is 0 Å². The lowest BCUT2D eigenvalue weighted by atomic mass is 10.1. The van der Waals surface area contributed by atoms with Crippen LogP contribution >= 0.6 is 0 Å². The molecule has 0 amide bonds. The Morgan fingerprint density at radius 2 is 2.16 bits per heavy atom. The van der Waals surface area contributed by atoms with E-state index in [0.29, 0.717) is 0 Å². The van der Waals surface area contributed by atoms with Gasteiger partial charge in [-0.15, -0.1) is 0 Å². The molecule has 0 aliphatic carbocycles. The van der Waals surface area contributed by atoms with Gasteiger partial charge in [0.2, 0.25) is 0 Å². The molecule has 0 saturated carbocycles. The fourth-order valence-electron chi connectivity index (χ4n) is 2.30. The highest BCUT2D eigenvalue weighted by molar-refractivity contribution is 5.14. The number of aryl methyl sites for hydroxylation is 4. The van der Waals surface area contributed by atoms with E-state index in [2.05, 4.69) is 28.6 Å². The molecule has 0 aliphatic heterocycles.